The lowest BCUT2D eigenvalue weighted by Gasteiger charge is -2.18. The molecule has 1 aromatic carbocycles. The summed E-state index contributed by atoms with van der Waals surface area (Å²) < 4.78 is 20.1. The van der Waals surface area contributed by atoms with Crippen LogP contribution in [-0.2, 0) is 9.53 Å². The van der Waals surface area contributed by atoms with Gasteiger partial charge in [-0.3, -0.25) is 0 Å². The van der Waals surface area contributed by atoms with Crippen LogP contribution in [0.4, 0.5) is 0 Å². The van der Waals surface area contributed by atoms with Crippen molar-refractivity contribution >= 4 is 18.4 Å². The molecule has 1 atom stereocenters. The molecule has 0 aliphatic rings. The summed E-state index contributed by atoms with van der Waals surface area (Å²) in [4.78, 5) is 11.5. The van der Waals surface area contributed by atoms with Crippen molar-refractivity contribution in [3.8, 4) is 17.2 Å². The van der Waals surface area contributed by atoms with Crippen LogP contribution >= 0.6 is 12.4 Å². The predicted octanol–water partition coefficient (Wildman–Crippen LogP) is 1.31. The van der Waals surface area contributed by atoms with Crippen LogP contribution in [0.1, 0.15) is 11.6 Å². The van der Waals surface area contributed by atoms with Crippen molar-refractivity contribution in [2.45, 2.75) is 6.04 Å². The second-order valence-corrected chi connectivity index (χ2v) is 3.45. The summed E-state index contributed by atoms with van der Waals surface area (Å²) in [6, 6.07) is 2.27. The lowest BCUT2D eigenvalue weighted by molar-refractivity contribution is -0.142. The smallest absolute Gasteiger partial charge is 0.327 e. The van der Waals surface area contributed by atoms with Crippen molar-refractivity contribution in [1.82, 2.24) is 0 Å². The van der Waals surface area contributed by atoms with Gasteiger partial charge in [-0.05, 0) is 0 Å². The second kappa shape index (κ2) is 7.70. The van der Waals surface area contributed by atoms with E-state index < -0.39 is 12.0 Å². The van der Waals surface area contributed by atoms with Crippen LogP contribution in [0.25, 0.3) is 0 Å². The van der Waals surface area contributed by atoms with Crippen LogP contribution in [0.15, 0.2) is 12.1 Å². The van der Waals surface area contributed by atoms with Crippen molar-refractivity contribution in [3.63, 3.8) is 0 Å². The fourth-order valence-corrected chi connectivity index (χ4v) is 1.58. The summed E-state index contributed by atoms with van der Waals surface area (Å²) in [6.07, 6.45) is 0. The zero-order valence-corrected chi connectivity index (χ0v) is 12.1. The maximum atomic E-state index is 11.5. The van der Waals surface area contributed by atoms with Gasteiger partial charge in [0.2, 0.25) is 0 Å². The monoisotopic (exact) mass is 291 g/mol. The molecule has 0 bridgehead atoms. The number of carbonyl (C=O) groups excluding carboxylic acids is 1. The van der Waals surface area contributed by atoms with Crippen LogP contribution in [0.3, 0.4) is 0 Å². The van der Waals surface area contributed by atoms with Crippen LogP contribution in [-0.4, -0.2) is 34.4 Å². The Hall–Kier alpha value is -1.66. The highest BCUT2D eigenvalue weighted by atomic mass is 35.5. The number of methoxy groups -OCH3 is 4. The van der Waals surface area contributed by atoms with Crippen molar-refractivity contribution < 1.29 is 23.7 Å². The number of benzene rings is 1. The molecule has 19 heavy (non-hydrogen) atoms. The zero-order valence-electron chi connectivity index (χ0n) is 11.3. The van der Waals surface area contributed by atoms with Gasteiger partial charge in [-0.1, -0.05) is 0 Å². The lowest BCUT2D eigenvalue weighted by atomic mass is 10.0. The van der Waals surface area contributed by atoms with Crippen molar-refractivity contribution in [2.24, 2.45) is 5.73 Å². The van der Waals surface area contributed by atoms with Gasteiger partial charge in [0.25, 0.3) is 0 Å². The van der Waals surface area contributed by atoms with E-state index in [1.165, 1.54) is 28.4 Å². The third-order valence-electron chi connectivity index (χ3n) is 2.52. The molecule has 0 radical (unpaired) electrons. The number of ether oxygens (including phenoxy) is 4. The predicted molar refractivity (Wildman–Crippen MR) is 72.3 cm³/mol. The van der Waals surface area contributed by atoms with Gasteiger partial charge >= 0.3 is 5.97 Å². The summed E-state index contributed by atoms with van der Waals surface area (Å²) in [5.74, 6) is 0.787. The molecule has 1 rings (SSSR count). The Bertz CT molecular complexity index is 413. The number of hydrogen-bond acceptors (Lipinski definition) is 6. The summed E-state index contributed by atoms with van der Waals surface area (Å²) in [5, 5.41) is 0. The molecule has 0 saturated heterocycles. The molecule has 0 aromatic heterocycles. The quantitative estimate of drug-likeness (QED) is 0.824. The first-order valence-corrected chi connectivity index (χ1v) is 5.22. The minimum Gasteiger partial charge on any atom is -0.496 e. The average Bonchev–Trinajstić information content (AvgIpc) is 2.43. The van der Waals surface area contributed by atoms with Gasteiger partial charge < -0.3 is 24.7 Å². The van der Waals surface area contributed by atoms with Gasteiger partial charge in [0.15, 0.2) is 0 Å². The number of carbonyl (C=O) groups is 1. The molecule has 0 spiro atoms. The Balaban J connectivity index is 0.00000324. The lowest BCUT2D eigenvalue weighted by Crippen LogP contribution is -2.23. The van der Waals surface area contributed by atoms with Gasteiger partial charge in [-0.2, -0.15) is 0 Å². The minimum atomic E-state index is -0.981. The van der Waals surface area contributed by atoms with Gasteiger partial charge in [0.1, 0.15) is 23.3 Å². The third kappa shape index (κ3) is 3.65. The molecular weight excluding hydrogens is 274 g/mol. The van der Waals surface area contributed by atoms with E-state index in [2.05, 4.69) is 4.74 Å². The molecule has 0 aliphatic heterocycles. The standard InChI is InChI=1S/C12H17NO5.ClH/c1-15-7-5-8(16-2)10(9(6-7)17-3)11(13)12(14)18-4;/h5-6,11H,13H2,1-4H3;1H/t11-;/m0./s1. The molecule has 7 heteroatoms. The molecule has 0 fully saturated rings. The second-order valence-electron chi connectivity index (χ2n) is 3.45. The van der Waals surface area contributed by atoms with E-state index in [1.54, 1.807) is 12.1 Å². The van der Waals surface area contributed by atoms with E-state index in [-0.39, 0.29) is 12.4 Å². The summed E-state index contributed by atoms with van der Waals surface area (Å²) in [6.45, 7) is 0. The molecule has 6 nitrogen and oxygen atoms in total. The normalized spacial score (nSPS) is 11.0. The fourth-order valence-electron chi connectivity index (χ4n) is 1.58. The summed E-state index contributed by atoms with van der Waals surface area (Å²) >= 11 is 0. The highest BCUT2D eigenvalue weighted by Gasteiger charge is 2.25. The summed E-state index contributed by atoms with van der Waals surface area (Å²) in [7, 11) is 5.74. The summed E-state index contributed by atoms with van der Waals surface area (Å²) in [5.41, 5.74) is 6.24. The molecule has 0 amide bonds. The van der Waals surface area contributed by atoms with Crippen LogP contribution in [0, 0.1) is 0 Å². The Kier molecular flexibility index (Phi) is 7.03. The van der Waals surface area contributed by atoms with Crippen molar-refractivity contribution in [2.75, 3.05) is 28.4 Å². The number of halogens is 1. The van der Waals surface area contributed by atoms with Gasteiger partial charge in [-0.25, -0.2) is 4.79 Å². The SMILES string of the molecule is COC(=O)[C@@H](N)c1c(OC)cc(OC)cc1OC.Cl. The highest BCUT2D eigenvalue weighted by Crippen LogP contribution is 2.37. The van der Waals surface area contributed by atoms with Gasteiger partial charge in [0.05, 0.1) is 34.0 Å². The molecular formula is C12H18ClNO5. The Morgan fingerprint density at radius 2 is 1.53 bits per heavy atom. The Morgan fingerprint density at radius 3 is 1.84 bits per heavy atom. The first kappa shape index (κ1) is 17.3. The van der Waals surface area contributed by atoms with E-state index in [0.29, 0.717) is 22.8 Å². The van der Waals surface area contributed by atoms with Gasteiger partial charge in [0, 0.05) is 12.1 Å². The van der Waals surface area contributed by atoms with E-state index in [1.807, 2.05) is 0 Å². The molecule has 1 aromatic rings. The number of hydrogen-bond donors (Lipinski definition) is 1. The molecule has 0 unspecified atom stereocenters. The molecule has 0 heterocycles. The van der Waals surface area contributed by atoms with E-state index >= 15 is 0 Å². The highest BCUT2D eigenvalue weighted by molar-refractivity contribution is 5.85. The maximum absolute atomic E-state index is 11.5. The van der Waals surface area contributed by atoms with Crippen molar-refractivity contribution in [1.29, 1.82) is 0 Å². The van der Waals surface area contributed by atoms with E-state index in [4.69, 9.17) is 19.9 Å². The van der Waals surface area contributed by atoms with Crippen LogP contribution in [0.2, 0.25) is 0 Å². The average molecular weight is 292 g/mol. The zero-order chi connectivity index (χ0) is 13.7. The first-order chi connectivity index (χ1) is 8.58. The van der Waals surface area contributed by atoms with E-state index in [9.17, 15) is 4.79 Å². The van der Waals surface area contributed by atoms with Crippen molar-refractivity contribution in [3.05, 3.63) is 17.7 Å². The number of esters is 1. The van der Waals surface area contributed by atoms with Gasteiger partial charge in [-0.15, -0.1) is 12.4 Å². The fraction of sp³-hybridized carbons (Fsp3) is 0.417. The maximum Gasteiger partial charge on any atom is 0.327 e. The molecule has 2 N–H and O–H groups in total. The van der Waals surface area contributed by atoms with Crippen LogP contribution < -0.4 is 19.9 Å². The molecule has 0 saturated carbocycles. The Labute approximate surface area is 118 Å². The first-order valence-electron chi connectivity index (χ1n) is 5.22. The minimum absolute atomic E-state index is 0. The Morgan fingerprint density at radius 1 is 1.05 bits per heavy atom. The van der Waals surface area contributed by atoms with Crippen LogP contribution in [0.5, 0.6) is 17.2 Å². The largest absolute Gasteiger partial charge is 0.496 e. The topological polar surface area (TPSA) is 80.0 Å². The molecule has 0 aliphatic carbocycles. The number of rotatable bonds is 5. The third-order valence-corrected chi connectivity index (χ3v) is 2.52. The van der Waals surface area contributed by atoms with E-state index in [0.717, 1.165) is 0 Å². The molecule has 108 valence electrons. The number of nitrogens with two attached hydrogens (primary N) is 1.